The van der Waals surface area contributed by atoms with Crippen LogP contribution in [0.15, 0.2) is 36.5 Å². The van der Waals surface area contributed by atoms with Crippen molar-refractivity contribution < 1.29 is 23.5 Å². The highest BCUT2D eigenvalue weighted by molar-refractivity contribution is 5.93. The van der Waals surface area contributed by atoms with Gasteiger partial charge < -0.3 is 10.0 Å². The first kappa shape index (κ1) is 23.5. The van der Waals surface area contributed by atoms with Crippen molar-refractivity contribution in [3.05, 3.63) is 59.4 Å². The smallest absolute Gasteiger partial charge is 0.311 e. The lowest BCUT2D eigenvalue weighted by molar-refractivity contribution is -0.148. The molecule has 1 saturated carbocycles. The first-order valence-corrected chi connectivity index (χ1v) is 11.0. The molecule has 34 heavy (non-hydrogen) atoms. The molecule has 4 rings (SSSR count). The fourth-order valence-electron chi connectivity index (χ4n) is 4.49. The summed E-state index contributed by atoms with van der Waals surface area (Å²) in [5.74, 6) is -2.26. The average Bonchev–Trinajstić information content (AvgIpc) is 3.44. The van der Waals surface area contributed by atoms with Gasteiger partial charge in [-0.3, -0.25) is 14.3 Å². The molecule has 10 heteroatoms. The van der Waals surface area contributed by atoms with Gasteiger partial charge in [0.2, 0.25) is 0 Å². The molecule has 0 aliphatic heterocycles. The van der Waals surface area contributed by atoms with Crippen LogP contribution in [0.3, 0.4) is 0 Å². The Kier molecular flexibility index (Phi) is 6.41. The molecule has 3 aromatic rings. The maximum absolute atomic E-state index is 14.6. The van der Waals surface area contributed by atoms with Crippen molar-refractivity contribution >= 4 is 17.6 Å². The van der Waals surface area contributed by atoms with E-state index in [1.165, 1.54) is 28.6 Å². The van der Waals surface area contributed by atoms with Crippen LogP contribution >= 0.6 is 0 Å². The van der Waals surface area contributed by atoms with Crippen molar-refractivity contribution in [1.29, 1.82) is 0 Å². The van der Waals surface area contributed by atoms with E-state index in [1.54, 1.807) is 25.2 Å². The number of carbonyl (C=O) groups is 2. The van der Waals surface area contributed by atoms with Crippen LogP contribution in [0, 0.1) is 17.0 Å². The summed E-state index contributed by atoms with van der Waals surface area (Å²) in [5, 5.41) is 14.1. The number of carbonyl (C=O) groups excluding carboxylic acids is 1. The van der Waals surface area contributed by atoms with E-state index in [9.17, 15) is 23.5 Å². The molecule has 0 bridgehead atoms. The zero-order valence-corrected chi connectivity index (χ0v) is 19.0. The second-order valence-corrected chi connectivity index (χ2v) is 8.73. The van der Waals surface area contributed by atoms with Crippen LogP contribution in [0.1, 0.15) is 48.7 Å². The second kappa shape index (κ2) is 9.28. The number of aliphatic carboxylic acids is 1. The third-order valence-corrected chi connectivity index (χ3v) is 6.29. The van der Waals surface area contributed by atoms with Gasteiger partial charge in [0.15, 0.2) is 23.2 Å². The summed E-state index contributed by atoms with van der Waals surface area (Å²) in [4.78, 5) is 33.9. The summed E-state index contributed by atoms with van der Waals surface area (Å²) in [6.45, 7) is 1.50. The molecule has 178 valence electrons. The first-order valence-electron chi connectivity index (χ1n) is 11.0. The van der Waals surface area contributed by atoms with Gasteiger partial charge in [0.05, 0.1) is 18.2 Å². The van der Waals surface area contributed by atoms with Crippen LogP contribution < -0.4 is 4.90 Å². The van der Waals surface area contributed by atoms with Crippen molar-refractivity contribution in [2.75, 3.05) is 18.5 Å². The number of rotatable bonds is 8. The summed E-state index contributed by atoms with van der Waals surface area (Å²) in [7, 11) is 1.59. The van der Waals surface area contributed by atoms with Gasteiger partial charge in [0.25, 0.3) is 0 Å². The molecule has 2 aromatic heterocycles. The van der Waals surface area contributed by atoms with E-state index in [0.29, 0.717) is 18.4 Å². The molecule has 1 aromatic carbocycles. The lowest BCUT2D eigenvalue weighted by atomic mass is 9.86. The summed E-state index contributed by atoms with van der Waals surface area (Å²) in [6, 6.07) is 7.67. The second-order valence-electron chi connectivity index (χ2n) is 8.73. The standard InChI is InChI=1S/C24H25F2N5O3/c1-15(32)20-11-19(29-31(20)13-16-7-3-4-8-17(16)25)21-27-12-18(26)22(28-21)30(2)14-24(23(33)34)9-5-6-10-24/h3-4,7-8,11-12H,5-6,9-10,13-14H2,1-2H3,(H,33,34). The Balaban J connectivity index is 1.66. The molecule has 0 radical (unpaired) electrons. The molecule has 0 unspecified atom stereocenters. The highest BCUT2D eigenvalue weighted by Crippen LogP contribution is 2.39. The lowest BCUT2D eigenvalue weighted by Crippen LogP contribution is -2.40. The van der Waals surface area contributed by atoms with Gasteiger partial charge in [-0.2, -0.15) is 5.10 Å². The topological polar surface area (TPSA) is 101 Å². The monoisotopic (exact) mass is 469 g/mol. The van der Waals surface area contributed by atoms with E-state index in [0.717, 1.165) is 19.0 Å². The molecule has 1 aliphatic rings. The Labute approximate surface area is 195 Å². The van der Waals surface area contributed by atoms with Gasteiger partial charge in [-0.1, -0.05) is 31.0 Å². The number of ketones is 1. The van der Waals surface area contributed by atoms with Crippen molar-refractivity contribution in [3.8, 4) is 11.5 Å². The summed E-state index contributed by atoms with van der Waals surface area (Å²) in [5.41, 5.74) is -0.132. The van der Waals surface area contributed by atoms with Crippen molar-refractivity contribution in [3.63, 3.8) is 0 Å². The van der Waals surface area contributed by atoms with Gasteiger partial charge in [-0.25, -0.2) is 18.7 Å². The predicted molar refractivity (Wildman–Crippen MR) is 121 cm³/mol. The minimum Gasteiger partial charge on any atom is -0.481 e. The highest BCUT2D eigenvalue weighted by atomic mass is 19.1. The maximum atomic E-state index is 14.6. The molecule has 2 heterocycles. The Morgan fingerprint density at radius 2 is 1.88 bits per heavy atom. The van der Waals surface area contributed by atoms with E-state index in [4.69, 9.17) is 0 Å². The zero-order chi connectivity index (χ0) is 24.5. The van der Waals surface area contributed by atoms with Gasteiger partial charge in [-0.15, -0.1) is 0 Å². The average molecular weight is 469 g/mol. The van der Waals surface area contributed by atoms with Gasteiger partial charge >= 0.3 is 5.97 Å². The van der Waals surface area contributed by atoms with Crippen LogP contribution in [0.4, 0.5) is 14.6 Å². The number of nitrogens with zero attached hydrogens (tertiary/aromatic N) is 5. The molecular formula is C24H25F2N5O3. The quantitative estimate of drug-likeness (QED) is 0.499. The molecule has 1 N–H and O–H groups in total. The SMILES string of the molecule is CC(=O)c1cc(-c2ncc(F)c(N(C)CC3(C(=O)O)CCCC3)n2)nn1Cc1ccccc1F. The van der Waals surface area contributed by atoms with Gasteiger partial charge in [-0.05, 0) is 25.0 Å². The van der Waals surface area contributed by atoms with Crippen LogP contribution in [-0.2, 0) is 11.3 Å². The number of anilines is 1. The summed E-state index contributed by atoms with van der Waals surface area (Å²) < 4.78 is 30.1. The molecule has 0 saturated heterocycles. The van der Waals surface area contributed by atoms with Gasteiger partial charge in [0, 0.05) is 26.1 Å². The minimum absolute atomic E-state index is 0.0245. The lowest BCUT2D eigenvalue weighted by Gasteiger charge is -2.30. The molecule has 1 aliphatic carbocycles. The maximum Gasteiger partial charge on any atom is 0.311 e. The Morgan fingerprint density at radius 3 is 2.53 bits per heavy atom. The third kappa shape index (κ3) is 4.52. The van der Waals surface area contributed by atoms with E-state index < -0.39 is 23.0 Å². The number of aromatic nitrogens is 4. The Hall–Kier alpha value is -3.69. The van der Waals surface area contributed by atoms with Crippen LogP contribution in [-0.4, -0.2) is 50.2 Å². The summed E-state index contributed by atoms with van der Waals surface area (Å²) in [6.07, 6.45) is 3.67. The van der Waals surface area contributed by atoms with Gasteiger partial charge in [0.1, 0.15) is 17.2 Å². The number of Topliss-reactive ketones (excluding diaryl/α,β-unsaturated/α-hetero) is 1. The molecule has 0 spiro atoms. The summed E-state index contributed by atoms with van der Waals surface area (Å²) >= 11 is 0. The molecule has 0 amide bonds. The number of carboxylic acid groups (broad SMARTS) is 1. The molecular weight excluding hydrogens is 444 g/mol. The largest absolute Gasteiger partial charge is 0.481 e. The van der Waals surface area contributed by atoms with E-state index >= 15 is 0 Å². The van der Waals surface area contributed by atoms with E-state index in [-0.39, 0.29) is 41.9 Å². The fourth-order valence-corrected chi connectivity index (χ4v) is 4.49. The Morgan fingerprint density at radius 1 is 1.18 bits per heavy atom. The van der Waals surface area contributed by atoms with Crippen LogP contribution in [0.25, 0.3) is 11.5 Å². The van der Waals surface area contributed by atoms with Crippen LogP contribution in [0.5, 0.6) is 0 Å². The molecule has 0 atom stereocenters. The van der Waals surface area contributed by atoms with Crippen molar-refractivity contribution in [2.24, 2.45) is 5.41 Å². The van der Waals surface area contributed by atoms with Crippen LogP contribution in [0.2, 0.25) is 0 Å². The molecule has 8 nitrogen and oxygen atoms in total. The van der Waals surface area contributed by atoms with E-state index in [2.05, 4.69) is 15.1 Å². The fraction of sp³-hybridized carbons (Fsp3) is 0.375. The minimum atomic E-state index is -0.949. The molecule has 1 fully saturated rings. The highest BCUT2D eigenvalue weighted by Gasteiger charge is 2.42. The third-order valence-electron chi connectivity index (χ3n) is 6.29. The van der Waals surface area contributed by atoms with Crippen molar-refractivity contribution in [1.82, 2.24) is 19.7 Å². The zero-order valence-electron chi connectivity index (χ0n) is 19.0. The number of hydrogen-bond acceptors (Lipinski definition) is 6. The predicted octanol–water partition coefficient (Wildman–Crippen LogP) is 3.95. The normalized spacial score (nSPS) is 14.8. The number of hydrogen-bond donors (Lipinski definition) is 1. The number of halogens is 2. The number of carboxylic acids is 1. The number of benzene rings is 1. The van der Waals surface area contributed by atoms with E-state index in [1.807, 2.05) is 0 Å². The van der Waals surface area contributed by atoms with Crippen molar-refractivity contribution in [2.45, 2.75) is 39.2 Å². The Bertz CT molecular complexity index is 1240. The first-order chi connectivity index (χ1) is 16.2.